The van der Waals surface area contributed by atoms with E-state index in [-0.39, 0.29) is 11.9 Å². The summed E-state index contributed by atoms with van der Waals surface area (Å²) in [5.41, 5.74) is 1.73. The van der Waals surface area contributed by atoms with Crippen LogP contribution in [0.5, 0.6) is 0 Å². The first kappa shape index (κ1) is 14.0. The predicted molar refractivity (Wildman–Crippen MR) is 79.3 cm³/mol. The second-order valence-corrected chi connectivity index (χ2v) is 5.18. The van der Waals surface area contributed by atoms with Crippen molar-refractivity contribution < 1.29 is 9.53 Å². The van der Waals surface area contributed by atoms with Gasteiger partial charge in [-0.25, -0.2) is 0 Å². The van der Waals surface area contributed by atoms with Crippen LogP contribution in [-0.4, -0.2) is 12.9 Å². The van der Waals surface area contributed by atoms with Crippen LogP contribution < -0.4 is 0 Å². The van der Waals surface area contributed by atoms with Crippen molar-refractivity contribution in [3.05, 3.63) is 70.2 Å². The molecule has 0 spiro atoms. The maximum atomic E-state index is 12.2. The highest BCUT2D eigenvalue weighted by molar-refractivity contribution is 9.10. The molecule has 0 aliphatic heterocycles. The summed E-state index contributed by atoms with van der Waals surface area (Å²) in [5, 5.41) is 0. The fraction of sp³-hybridized carbons (Fsp3) is 0.188. The molecular formula is C16H15BrO2. The van der Waals surface area contributed by atoms with Crippen LogP contribution in [0.15, 0.2) is 59.1 Å². The highest BCUT2D eigenvalue weighted by Gasteiger charge is 2.16. The Labute approximate surface area is 121 Å². The Hall–Kier alpha value is -1.45. The summed E-state index contributed by atoms with van der Waals surface area (Å²) in [4.78, 5) is 12.2. The highest BCUT2D eigenvalue weighted by Crippen LogP contribution is 2.22. The minimum atomic E-state index is -0.197. The van der Waals surface area contributed by atoms with Crippen LogP contribution in [0, 0.1) is 0 Å². The number of carbonyl (C=O) groups excluding carboxylic acids is 1. The third-order valence-electron chi connectivity index (χ3n) is 2.99. The van der Waals surface area contributed by atoms with E-state index in [4.69, 9.17) is 4.74 Å². The molecule has 2 aromatic carbocycles. The molecule has 0 aliphatic carbocycles. The molecule has 2 rings (SSSR count). The molecule has 2 aromatic rings. The van der Waals surface area contributed by atoms with E-state index in [1.165, 1.54) is 0 Å². The first-order chi connectivity index (χ1) is 9.20. The van der Waals surface area contributed by atoms with E-state index in [1.54, 1.807) is 7.11 Å². The zero-order valence-corrected chi connectivity index (χ0v) is 12.3. The van der Waals surface area contributed by atoms with Gasteiger partial charge < -0.3 is 4.74 Å². The fourth-order valence-corrected chi connectivity index (χ4v) is 2.19. The molecule has 0 saturated heterocycles. The van der Waals surface area contributed by atoms with Crippen molar-refractivity contribution >= 4 is 21.7 Å². The van der Waals surface area contributed by atoms with Crippen molar-refractivity contribution in [1.29, 1.82) is 0 Å². The maximum Gasteiger partial charge on any atom is 0.165 e. The van der Waals surface area contributed by atoms with Gasteiger partial charge in [-0.1, -0.05) is 58.4 Å². The Balaban J connectivity index is 2.10. The largest absolute Gasteiger partial charge is 0.376 e. The quantitative estimate of drug-likeness (QED) is 0.763. The van der Waals surface area contributed by atoms with Gasteiger partial charge in [-0.3, -0.25) is 4.79 Å². The number of hydrogen-bond donors (Lipinski definition) is 0. The molecule has 0 saturated carbocycles. The van der Waals surface area contributed by atoms with Gasteiger partial charge in [0.1, 0.15) is 0 Å². The van der Waals surface area contributed by atoms with Gasteiger partial charge in [0.15, 0.2) is 5.78 Å². The number of ketones is 1. The Morgan fingerprint density at radius 1 is 1.11 bits per heavy atom. The van der Waals surface area contributed by atoms with Gasteiger partial charge in [0.25, 0.3) is 0 Å². The average molecular weight is 319 g/mol. The van der Waals surface area contributed by atoms with Crippen molar-refractivity contribution in [3.8, 4) is 0 Å². The van der Waals surface area contributed by atoms with Crippen LogP contribution in [0.4, 0.5) is 0 Å². The first-order valence-electron chi connectivity index (χ1n) is 6.07. The lowest BCUT2D eigenvalue weighted by Crippen LogP contribution is -2.09. The monoisotopic (exact) mass is 318 g/mol. The molecule has 3 heteroatoms. The van der Waals surface area contributed by atoms with Gasteiger partial charge in [0.05, 0.1) is 6.10 Å². The molecule has 0 bridgehead atoms. The van der Waals surface area contributed by atoms with Gasteiger partial charge >= 0.3 is 0 Å². The maximum absolute atomic E-state index is 12.2. The molecule has 0 amide bonds. The normalized spacial score (nSPS) is 12.1. The van der Waals surface area contributed by atoms with Crippen molar-refractivity contribution in [2.45, 2.75) is 12.5 Å². The van der Waals surface area contributed by atoms with E-state index in [0.29, 0.717) is 12.0 Å². The van der Waals surface area contributed by atoms with E-state index in [1.807, 2.05) is 54.6 Å². The van der Waals surface area contributed by atoms with E-state index in [2.05, 4.69) is 15.9 Å². The number of carbonyl (C=O) groups is 1. The van der Waals surface area contributed by atoms with E-state index in [9.17, 15) is 4.79 Å². The zero-order valence-electron chi connectivity index (χ0n) is 10.7. The Kier molecular flexibility index (Phi) is 4.88. The molecule has 0 aromatic heterocycles. The summed E-state index contributed by atoms with van der Waals surface area (Å²) in [6, 6.07) is 17.2. The number of hydrogen-bond acceptors (Lipinski definition) is 2. The summed E-state index contributed by atoms with van der Waals surface area (Å²) in [7, 11) is 1.63. The van der Waals surface area contributed by atoms with E-state index >= 15 is 0 Å². The Morgan fingerprint density at radius 3 is 2.32 bits per heavy atom. The first-order valence-corrected chi connectivity index (χ1v) is 6.86. The number of Topliss-reactive ketones (excluding diaryl/α,β-unsaturated/α-hetero) is 1. The number of methoxy groups -OCH3 is 1. The highest BCUT2D eigenvalue weighted by atomic mass is 79.9. The molecule has 1 atom stereocenters. The molecule has 98 valence electrons. The number of benzene rings is 2. The second kappa shape index (κ2) is 6.64. The Morgan fingerprint density at radius 2 is 1.74 bits per heavy atom. The minimum Gasteiger partial charge on any atom is -0.376 e. The molecule has 0 N–H and O–H groups in total. The zero-order chi connectivity index (χ0) is 13.7. The molecule has 0 fully saturated rings. The third-order valence-corrected chi connectivity index (χ3v) is 3.52. The van der Waals surface area contributed by atoms with Crippen LogP contribution in [0.2, 0.25) is 0 Å². The summed E-state index contributed by atoms with van der Waals surface area (Å²) in [6.07, 6.45) is 0.152. The van der Waals surface area contributed by atoms with Crippen molar-refractivity contribution in [2.75, 3.05) is 7.11 Å². The van der Waals surface area contributed by atoms with E-state index < -0.39 is 0 Å². The smallest absolute Gasteiger partial charge is 0.165 e. The van der Waals surface area contributed by atoms with Gasteiger partial charge in [-0.15, -0.1) is 0 Å². The lowest BCUT2D eigenvalue weighted by Gasteiger charge is -2.15. The van der Waals surface area contributed by atoms with Crippen LogP contribution >= 0.6 is 15.9 Å². The lowest BCUT2D eigenvalue weighted by atomic mass is 10.0. The number of rotatable bonds is 5. The van der Waals surface area contributed by atoms with Gasteiger partial charge in [0, 0.05) is 23.6 Å². The fourth-order valence-electron chi connectivity index (χ4n) is 1.93. The summed E-state index contributed by atoms with van der Waals surface area (Å²) in [6.45, 7) is 0. The summed E-state index contributed by atoms with van der Waals surface area (Å²) < 4.78 is 6.39. The van der Waals surface area contributed by atoms with Crippen LogP contribution in [0.3, 0.4) is 0 Å². The van der Waals surface area contributed by atoms with Gasteiger partial charge in [-0.2, -0.15) is 0 Å². The summed E-state index contributed by atoms with van der Waals surface area (Å²) >= 11 is 3.36. The standard InChI is InChI=1S/C16H15BrO2/c1-19-16(13-5-3-2-4-6-13)11-15(18)12-7-9-14(17)10-8-12/h2-10,16H,11H2,1H3. The molecule has 19 heavy (non-hydrogen) atoms. The van der Waals surface area contributed by atoms with Crippen LogP contribution in [0.1, 0.15) is 28.4 Å². The average Bonchev–Trinajstić information content (AvgIpc) is 2.46. The molecule has 0 aliphatic rings. The topological polar surface area (TPSA) is 26.3 Å². The molecule has 0 radical (unpaired) electrons. The van der Waals surface area contributed by atoms with Crippen molar-refractivity contribution in [1.82, 2.24) is 0 Å². The van der Waals surface area contributed by atoms with Crippen LogP contribution in [0.25, 0.3) is 0 Å². The number of halogens is 1. The molecule has 2 nitrogen and oxygen atoms in total. The van der Waals surface area contributed by atoms with Gasteiger partial charge in [0.2, 0.25) is 0 Å². The predicted octanol–water partition coefficient (Wildman–Crippen LogP) is 4.41. The SMILES string of the molecule is COC(CC(=O)c1ccc(Br)cc1)c1ccccc1. The second-order valence-electron chi connectivity index (χ2n) is 4.27. The minimum absolute atomic E-state index is 0.0863. The Bertz CT molecular complexity index is 534. The summed E-state index contributed by atoms with van der Waals surface area (Å²) in [5.74, 6) is 0.0863. The lowest BCUT2D eigenvalue weighted by molar-refractivity contribution is 0.0730. The van der Waals surface area contributed by atoms with Crippen molar-refractivity contribution in [2.24, 2.45) is 0 Å². The van der Waals surface area contributed by atoms with Crippen molar-refractivity contribution in [3.63, 3.8) is 0 Å². The molecule has 1 unspecified atom stereocenters. The van der Waals surface area contributed by atoms with Gasteiger partial charge in [-0.05, 0) is 17.7 Å². The molecular weight excluding hydrogens is 304 g/mol. The number of ether oxygens (including phenoxy) is 1. The van der Waals surface area contributed by atoms with E-state index in [0.717, 1.165) is 10.0 Å². The molecule has 0 heterocycles. The van der Waals surface area contributed by atoms with Crippen LogP contribution in [-0.2, 0) is 4.74 Å². The third kappa shape index (κ3) is 3.75.